The van der Waals surface area contributed by atoms with Crippen LogP contribution in [0.3, 0.4) is 0 Å². The van der Waals surface area contributed by atoms with E-state index in [-0.39, 0.29) is 6.04 Å². The monoisotopic (exact) mass is 317 g/mol. The molecule has 2 N–H and O–H groups in total. The predicted molar refractivity (Wildman–Crippen MR) is 82.4 cm³/mol. The average molecular weight is 317 g/mol. The molecule has 2 rings (SSSR count). The van der Waals surface area contributed by atoms with Gasteiger partial charge in [0.05, 0.1) is 0 Å². The fraction of sp³-hybridized carbons (Fsp3) is 0.692. The SMILES string of the molecule is Cc1cc(S(=O)(=O)N(C)C2CCCN(C)C2)sc1CN. The molecule has 0 aromatic carbocycles. The molecule has 1 saturated heterocycles. The van der Waals surface area contributed by atoms with E-state index in [1.807, 2.05) is 14.0 Å². The highest BCUT2D eigenvalue weighted by atomic mass is 32.2. The van der Waals surface area contributed by atoms with Gasteiger partial charge in [-0.05, 0) is 45.0 Å². The number of likely N-dealkylation sites (tertiary alicyclic amines) is 1. The second kappa shape index (κ2) is 6.11. The average Bonchev–Trinajstić information content (AvgIpc) is 2.79. The molecule has 7 heteroatoms. The van der Waals surface area contributed by atoms with Crippen LogP contribution >= 0.6 is 11.3 Å². The molecule has 114 valence electrons. The molecule has 1 aliphatic heterocycles. The van der Waals surface area contributed by atoms with Gasteiger partial charge in [-0.3, -0.25) is 0 Å². The van der Waals surface area contributed by atoms with Gasteiger partial charge < -0.3 is 10.6 Å². The predicted octanol–water partition coefficient (Wildman–Crippen LogP) is 1.23. The first-order chi connectivity index (χ1) is 9.36. The van der Waals surface area contributed by atoms with E-state index in [0.29, 0.717) is 10.8 Å². The molecule has 0 saturated carbocycles. The van der Waals surface area contributed by atoms with E-state index < -0.39 is 10.0 Å². The molecule has 1 atom stereocenters. The molecule has 0 bridgehead atoms. The number of aryl methyl sites for hydroxylation is 1. The van der Waals surface area contributed by atoms with Gasteiger partial charge in [0.15, 0.2) is 0 Å². The Balaban J connectivity index is 2.24. The lowest BCUT2D eigenvalue weighted by Gasteiger charge is -2.34. The highest BCUT2D eigenvalue weighted by Crippen LogP contribution is 2.29. The van der Waals surface area contributed by atoms with Gasteiger partial charge in [-0.25, -0.2) is 8.42 Å². The number of hydrogen-bond acceptors (Lipinski definition) is 5. The summed E-state index contributed by atoms with van der Waals surface area (Å²) in [5.74, 6) is 0. The summed E-state index contributed by atoms with van der Waals surface area (Å²) in [5.41, 5.74) is 6.60. The highest BCUT2D eigenvalue weighted by molar-refractivity contribution is 7.91. The van der Waals surface area contributed by atoms with Crippen molar-refractivity contribution in [2.75, 3.05) is 27.2 Å². The van der Waals surface area contributed by atoms with Gasteiger partial charge >= 0.3 is 0 Å². The molecule has 0 spiro atoms. The number of likely N-dealkylation sites (N-methyl/N-ethyl adjacent to an activating group) is 2. The lowest BCUT2D eigenvalue weighted by Crippen LogP contribution is -2.47. The van der Waals surface area contributed by atoms with Crippen molar-refractivity contribution < 1.29 is 8.42 Å². The zero-order valence-corrected chi connectivity index (χ0v) is 13.9. The molecule has 2 heterocycles. The van der Waals surface area contributed by atoms with Gasteiger partial charge in [0.1, 0.15) is 4.21 Å². The second-order valence-corrected chi connectivity index (χ2v) is 8.82. The molecule has 5 nitrogen and oxygen atoms in total. The van der Waals surface area contributed by atoms with Crippen molar-refractivity contribution in [3.63, 3.8) is 0 Å². The van der Waals surface area contributed by atoms with Gasteiger partial charge in [-0.15, -0.1) is 11.3 Å². The van der Waals surface area contributed by atoms with Gasteiger partial charge in [0.25, 0.3) is 10.0 Å². The van der Waals surface area contributed by atoms with E-state index in [1.165, 1.54) is 15.6 Å². The standard InChI is InChI=1S/C13H23N3O2S2/c1-10-7-13(19-12(10)8-14)20(17,18)16(3)11-5-4-6-15(2)9-11/h7,11H,4-6,8-9,14H2,1-3H3. The minimum Gasteiger partial charge on any atom is -0.326 e. The minimum atomic E-state index is -3.40. The van der Waals surface area contributed by atoms with Gasteiger partial charge in [-0.2, -0.15) is 4.31 Å². The third-order valence-electron chi connectivity index (χ3n) is 3.93. The summed E-state index contributed by atoms with van der Waals surface area (Å²) in [7, 11) is 0.323. The number of sulfonamides is 1. The lowest BCUT2D eigenvalue weighted by atomic mass is 10.1. The van der Waals surface area contributed by atoms with Crippen molar-refractivity contribution in [3.05, 3.63) is 16.5 Å². The first kappa shape index (κ1) is 15.9. The van der Waals surface area contributed by atoms with Crippen LogP contribution in [0.4, 0.5) is 0 Å². The molecule has 1 aliphatic rings. The molecule has 0 radical (unpaired) electrons. The van der Waals surface area contributed by atoms with Crippen molar-refractivity contribution in [2.24, 2.45) is 5.73 Å². The zero-order chi connectivity index (χ0) is 14.9. The maximum atomic E-state index is 12.7. The molecule has 1 unspecified atom stereocenters. The van der Waals surface area contributed by atoms with E-state index in [4.69, 9.17) is 5.73 Å². The van der Waals surface area contributed by atoms with Gasteiger partial charge in [-0.1, -0.05) is 0 Å². The van der Waals surface area contributed by atoms with Crippen LogP contribution in [0, 0.1) is 6.92 Å². The molecular weight excluding hydrogens is 294 g/mol. The third kappa shape index (κ3) is 3.07. The van der Waals surface area contributed by atoms with E-state index in [1.54, 1.807) is 13.1 Å². The molecule has 0 aliphatic carbocycles. The quantitative estimate of drug-likeness (QED) is 0.907. The molecule has 1 aromatic heterocycles. The van der Waals surface area contributed by atoms with Crippen LogP contribution in [-0.2, 0) is 16.6 Å². The fourth-order valence-corrected chi connectivity index (χ4v) is 5.62. The van der Waals surface area contributed by atoms with Crippen LogP contribution in [0.5, 0.6) is 0 Å². The number of rotatable bonds is 4. The van der Waals surface area contributed by atoms with Crippen LogP contribution < -0.4 is 5.73 Å². The molecule has 0 amide bonds. The second-order valence-electron chi connectivity index (χ2n) is 5.46. The highest BCUT2D eigenvalue weighted by Gasteiger charge is 2.31. The van der Waals surface area contributed by atoms with Crippen LogP contribution in [0.1, 0.15) is 23.3 Å². The minimum absolute atomic E-state index is 0.0579. The van der Waals surface area contributed by atoms with Crippen molar-refractivity contribution >= 4 is 21.4 Å². The van der Waals surface area contributed by atoms with Crippen LogP contribution in [0.2, 0.25) is 0 Å². The Hall–Kier alpha value is -0.470. The summed E-state index contributed by atoms with van der Waals surface area (Å²) < 4.78 is 27.3. The van der Waals surface area contributed by atoms with Crippen molar-refractivity contribution in [3.8, 4) is 0 Å². The Bertz CT molecular complexity index is 568. The third-order valence-corrected chi connectivity index (χ3v) is 7.55. The molecule has 1 fully saturated rings. The van der Waals surface area contributed by atoms with E-state index in [0.717, 1.165) is 36.4 Å². The Kier molecular flexibility index (Phi) is 4.86. The first-order valence-electron chi connectivity index (χ1n) is 6.82. The topological polar surface area (TPSA) is 66.6 Å². The van der Waals surface area contributed by atoms with E-state index >= 15 is 0 Å². The summed E-state index contributed by atoms with van der Waals surface area (Å²) in [6, 6.07) is 1.80. The number of piperidine rings is 1. The summed E-state index contributed by atoms with van der Waals surface area (Å²) in [6.45, 7) is 4.14. The Morgan fingerprint density at radius 2 is 2.25 bits per heavy atom. The number of nitrogens with zero attached hydrogens (tertiary/aromatic N) is 2. The summed E-state index contributed by atoms with van der Waals surface area (Å²) in [4.78, 5) is 3.13. The summed E-state index contributed by atoms with van der Waals surface area (Å²) in [5, 5.41) is 0. The Labute approximate surface area is 125 Å². The maximum absolute atomic E-state index is 12.7. The smallest absolute Gasteiger partial charge is 0.252 e. The largest absolute Gasteiger partial charge is 0.326 e. The number of nitrogens with two attached hydrogens (primary N) is 1. The molecular formula is C13H23N3O2S2. The van der Waals surface area contributed by atoms with Gasteiger partial charge in [0, 0.05) is 31.1 Å². The molecule has 1 aromatic rings. The van der Waals surface area contributed by atoms with E-state index in [2.05, 4.69) is 4.90 Å². The number of thiophene rings is 1. The van der Waals surface area contributed by atoms with Crippen LogP contribution in [0.15, 0.2) is 10.3 Å². The Morgan fingerprint density at radius 1 is 1.55 bits per heavy atom. The lowest BCUT2D eigenvalue weighted by molar-refractivity contribution is 0.188. The summed E-state index contributed by atoms with van der Waals surface area (Å²) >= 11 is 1.29. The van der Waals surface area contributed by atoms with Crippen molar-refractivity contribution in [1.29, 1.82) is 0 Å². The normalized spacial score (nSPS) is 21.6. The first-order valence-corrected chi connectivity index (χ1v) is 9.08. The Morgan fingerprint density at radius 3 is 2.80 bits per heavy atom. The van der Waals surface area contributed by atoms with Crippen LogP contribution in [-0.4, -0.2) is 50.8 Å². The maximum Gasteiger partial charge on any atom is 0.252 e. The zero-order valence-electron chi connectivity index (χ0n) is 12.3. The number of hydrogen-bond donors (Lipinski definition) is 1. The summed E-state index contributed by atoms with van der Waals surface area (Å²) in [6.07, 6.45) is 1.96. The van der Waals surface area contributed by atoms with E-state index in [9.17, 15) is 8.42 Å². The van der Waals surface area contributed by atoms with Crippen LogP contribution in [0.25, 0.3) is 0 Å². The van der Waals surface area contributed by atoms with Crippen molar-refractivity contribution in [1.82, 2.24) is 9.21 Å². The fourth-order valence-electron chi connectivity index (χ4n) is 2.59. The van der Waals surface area contributed by atoms with Gasteiger partial charge in [0.2, 0.25) is 0 Å². The van der Waals surface area contributed by atoms with Crippen molar-refractivity contribution in [2.45, 2.75) is 36.6 Å². The molecule has 20 heavy (non-hydrogen) atoms.